The van der Waals surface area contributed by atoms with Gasteiger partial charge in [-0.05, 0) is 72.6 Å². The van der Waals surface area contributed by atoms with Crippen LogP contribution in [0.4, 0.5) is 10.1 Å². The molecule has 0 bridgehead atoms. The van der Waals surface area contributed by atoms with E-state index in [1.807, 2.05) is 12.1 Å². The summed E-state index contributed by atoms with van der Waals surface area (Å²) in [7, 11) is 1.66. The van der Waals surface area contributed by atoms with E-state index in [-0.39, 0.29) is 17.2 Å². The zero-order valence-electron chi connectivity index (χ0n) is 17.6. The van der Waals surface area contributed by atoms with Gasteiger partial charge in [-0.3, -0.25) is 0 Å². The molecule has 0 spiro atoms. The van der Waals surface area contributed by atoms with Crippen LogP contribution in [0.5, 0.6) is 5.75 Å². The first-order valence-corrected chi connectivity index (χ1v) is 11.4. The van der Waals surface area contributed by atoms with Crippen LogP contribution in [-0.4, -0.2) is 34.0 Å². The van der Waals surface area contributed by atoms with Gasteiger partial charge >= 0.3 is 0 Å². The van der Waals surface area contributed by atoms with Gasteiger partial charge in [-0.25, -0.2) is 4.39 Å². The summed E-state index contributed by atoms with van der Waals surface area (Å²) in [6, 6.07) is 14.2. The third-order valence-corrected chi connectivity index (χ3v) is 6.72. The largest absolute Gasteiger partial charge is 0.497 e. The second kappa shape index (κ2) is 8.60. The number of aromatic nitrogens is 1. The molecule has 7 heteroatoms. The molecule has 2 heterocycles. The molecule has 1 aromatic heterocycles. The Morgan fingerprint density at radius 1 is 1.19 bits per heavy atom. The lowest BCUT2D eigenvalue weighted by molar-refractivity contribution is 0.337. The van der Waals surface area contributed by atoms with Crippen LogP contribution in [-0.2, 0) is 6.42 Å². The van der Waals surface area contributed by atoms with Gasteiger partial charge in [-0.15, -0.1) is 11.6 Å². The summed E-state index contributed by atoms with van der Waals surface area (Å²) in [5.41, 5.74) is 4.29. The van der Waals surface area contributed by atoms with Gasteiger partial charge in [0, 0.05) is 28.5 Å². The second-order valence-electron chi connectivity index (χ2n) is 8.02. The maximum atomic E-state index is 13.3. The minimum absolute atomic E-state index is 0.0149. The number of anilines is 1. The van der Waals surface area contributed by atoms with Crippen molar-refractivity contribution in [2.45, 2.75) is 24.3 Å². The molecule has 3 aromatic rings. The monoisotopic (exact) mass is 467 g/mol. The van der Waals surface area contributed by atoms with Crippen LogP contribution in [0.2, 0.25) is 0 Å². The number of nitrogens with zero attached hydrogens (tertiary/aromatic N) is 1. The van der Waals surface area contributed by atoms with Crippen LogP contribution >= 0.6 is 23.8 Å². The fraction of sp³-hybridized carbons (Fsp3) is 0.240. The van der Waals surface area contributed by atoms with Gasteiger partial charge in [0.15, 0.2) is 5.11 Å². The molecule has 4 nitrogen and oxygen atoms in total. The van der Waals surface area contributed by atoms with E-state index < -0.39 is 0 Å². The molecule has 32 heavy (non-hydrogen) atoms. The van der Waals surface area contributed by atoms with Crippen molar-refractivity contribution >= 4 is 46.8 Å². The molecule has 1 aliphatic carbocycles. The molecule has 5 rings (SSSR count). The van der Waals surface area contributed by atoms with Gasteiger partial charge in [0.05, 0.1) is 18.5 Å². The lowest BCUT2D eigenvalue weighted by Gasteiger charge is -2.38. The number of nitrogens with one attached hydrogen (secondary N) is 2. The summed E-state index contributed by atoms with van der Waals surface area (Å²) in [6.07, 6.45) is 6.00. The maximum Gasteiger partial charge on any atom is 0.174 e. The van der Waals surface area contributed by atoms with Crippen molar-refractivity contribution in [2.75, 3.05) is 19.0 Å². The van der Waals surface area contributed by atoms with E-state index in [0.717, 1.165) is 47.4 Å². The molecule has 0 fully saturated rings. The summed E-state index contributed by atoms with van der Waals surface area (Å²) < 4.78 is 18.7. The zero-order chi connectivity index (χ0) is 22.2. The number of fused-ring (bicyclic) bond motifs is 3. The van der Waals surface area contributed by atoms with Crippen LogP contribution in [0.25, 0.3) is 12.2 Å². The predicted octanol–water partition coefficient (Wildman–Crippen LogP) is 4.08. The Kier molecular flexibility index (Phi) is 5.66. The van der Waals surface area contributed by atoms with Crippen molar-refractivity contribution < 1.29 is 9.13 Å². The fourth-order valence-corrected chi connectivity index (χ4v) is 5.06. The Morgan fingerprint density at radius 2 is 1.94 bits per heavy atom. The Hall–Kier alpha value is -2.83. The van der Waals surface area contributed by atoms with Crippen molar-refractivity contribution in [2.24, 2.45) is 0 Å². The van der Waals surface area contributed by atoms with E-state index >= 15 is 0 Å². The molecule has 0 saturated heterocycles. The van der Waals surface area contributed by atoms with E-state index in [2.05, 4.69) is 39.5 Å². The molecular weight excluding hydrogens is 445 g/mol. The molecule has 2 aromatic carbocycles. The molecule has 164 valence electrons. The summed E-state index contributed by atoms with van der Waals surface area (Å²) in [4.78, 5) is 5.84. The van der Waals surface area contributed by atoms with Crippen molar-refractivity contribution in [1.82, 2.24) is 9.88 Å². The number of hydrogen-bond donors (Lipinski definition) is 2. The average molecular weight is 468 g/mol. The topological polar surface area (TPSA) is 40.3 Å². The first kappa shape index (κ1) is 21.0. The number of benzene rings is 2. The standard InChI is InChI=1S/C25H23ClFN3OS/c1-31-19-9-2-15(3-10-19)24-23-20(21-14-16(26)4-11-22(21)29-23)12-13-30(24)25(32)28-18-7-5-17(27)6-8-18/h2-3,5-11,14,16,24,29H,4,12-13H2,1H3,(H,28,32). The maximum absolute atomic E-state index is 13.3. The number of rotatable bonds is 3. The molecule has 2 unspecified atom stereocenters. The Bertz CT molecular complexity index is 1270. The highest BCUT2D eigenvalue weighted by Crippen LogP contribution is 2.34. The molecular formula is C25H23ClFN3OS. The van der Waals surface area contributed by atoms with Gasteiger partial charge in [0.2, 0.25) is 0 Å². The summed E-state index contributed by atoms with van der Waals surface area (Å²) >= 11 is 12.2. The number of H-pyrrole nitrogens is 1. The lowest BCUT2D eigenvalue weighted by Crippen LogP contribution is -2.43. The highest BCUT2D eigenvalue weighted by atomic mass is 35.5. The van der Waals surface area contributed by atoms with E-state index in [0.29, 0.717) is 5.11 Å². The lowest BCUT2D eigenvalue weighted by atomic mass is 9.92. The SMILES string of the molecule is COc1ccc(C2c3[nH]c4c(c3CCN2C(=S)Nc2ccc(F)cc2)=CC(Cl)CC=4)cc1. The highest BCUT2D eigenvalue weighted by Gasteiger charge is 2.33. The third kappa shape index (κ3) is 3.89. The highest BCUT2D eigenvalue weighted by molar-refractivity contribution is 7.80. The van der Waals surface area contributed by atoms with Crippen molar-refractivity contribution in [3.05, 3.63) is 81.7 Å². The van der Waals surface area contributed by atoms with Gasteiger partial charge < -0.3 is 19.9 Å². The fourth-order valence-electron chi connectivity index (χ4n) is 4.53. The van der Waals surface area contributed by atoms with Gasteiger partial charge in [0.1, 0.15) is 11.6 Å². The number of aromatic amines is 1. The Labute approximate surface area is 196 Å². The van der Waals surface area contributed by atoms with E-state index in [9.17, 15) is 4.39 Å². The first-order valence-electron chi connectivity index (χ1n) is 10.6. The molecule has 1 aliphatic heterocycles. The minimum atomic E-state index is -0.276. The van der Waals surface area contributed by atoms with Crippen LogP contribution in [0.3, 0.4) is 0 Å². The normalized spacial score (nSPS) is 19.3. The summed E-state index contributed by atoms with van der Waals surface area (Å²) in [5, 5.41) is 6.23. The molecule has 2 N–H and O–H groups in total. The summed E-state index contributed by atoms with van der Waals surface area (Å²) in [5.74, 6) is 0.531. The smallest absolute Gasteiger partial charge is 0.174 e. The van der Waals surface area contributed by atoms with Gasteiger partial charge in [0.25, 0.3) is 0 Å². The number of alkyl halides is 1. The van der Waals surface area contributed by atoms with Crippen LogP contribution < -0.4 is 20.6 Å². The Morgan fingerprint density at radius 3 is 2.66 bits per heavy atom. The quantitative estimate of drug-likeness (QED) is 0.450. The molecule has 2 aliphatic rings. The van der Waals surface area contributed by atoms with Crippen LogP contribution in [0.15, 0.2) is 48.5 Å². The second-order valence-corrected chi connectivity index (χ2v) is 8.97. The molecule has 0 saturated carbocycles. The number of halogens is 2. The number of ether oxygens (including phenoxy) is 1. The van der Waals surface area contributed by atoms with Crippen LogP contribution in [0, 0.1) is 5.82 Å². The van der Waals surface area contributed by atoms with Crippen LogP contribution in [0.1, 0.15) is 29.3 Å². The zero-order valence-corrected chi connectivity index (χ0v) is 19.1. The van der Waals surface area contributed by atoms with Gasteiger partial charge in [-0.2, -0.15) is 0 Å². The third-order valence-electron chi connectivity index (χ3n) is 6.08. The number of thiocarbonyl (C=S) groups is 1. The molecule has 0 radical (unpaired) electrons. The average Bonchev–Trinajstić information content (AvgIpc) is 3.18. The summed E-state index contributed by atoms with van der Waals surface area (Å²) in [6.45, 7) is 0.752. The molecule has 2 atom stereocenters. The first-order chi connectivity index (χ1) is 15.5. The number of hydrogen-bond acceptors (Lipinski definition) is 2. The number of methoxy groups -OCH3 is 1. The van der Waals surface area contributed by atoms with Crippen molar-refractivity contribution in [1.29, 1.82) is 0 Å². The van der Waals surface area contributed by atoms with E-state index in [4.69, 9.17) is 28.6 Å². The molecule has 0 amide bonds. The minimum Gasteiger partial charge on any atom is -0.497 e. The van der Waals surface area contributed by atoms with E-state index in [1.54, 1.807) is 19.2 Å². The van der Waals surface area contributed by atoms with Gasteiger partial charge in [-0.1, -0.05) is 24.3 Å². The van der Waals surface area contributed by atoms with Crippen molar-refractivity contribution in [3.63, 3.8) is 0 Å². The Balaban J connectivity index is 1.57. The van der Waals surface area contributed by atoms with Crippen molar-refractivity contribution in [3.8, 4) is 5.75 Å². The predicted molar refractivity (Wildman–Crippen MR) is 131 cm³/mol. The van der Waals surface area contributed by atoms with E-state index in [1.165, 1.54) is 22.9 Å².